The van der Waals surface area contributed by atoms with E-state index in [4.69, 9.17) is 27.6 Å². The Morgan fingerprint density at radius 2 is 1.94 bits per heavy atom. The van der Waals surface area contributed by atoms with Crippen molar-refractivity contribution in [2.45, 2.75) is 0 Å². The molecule has 0 aliphatic heterocycles. The summed E-state index contributed by atoms with van der Waals surface area (Å²) in [6.07, 6.45) is 0.641. The van der Waals surface area contributed by atoms with E-state index < -0.39 is 0 Å². The molecule has 16 heavy (non-hydrogen) atoms. The molecule has 0 saturated heterocycles. The molecule has 0 atom stereocenters. The maximum Gasteiger partial charge on any atom is 0.185 e. The lowest BCUT2D eigenvalue weighted by molar-refractivity contribution is 0.110. The second-order valence-electron chi connectivity index (χ2n) is 3.04. The minimum absolute atomic E-state index is 0.261. The van der Waals surface area contributed by atoms with Crippen molar-refractivity contribution in [3.8, 4) is 11.3 Å². The van der Waals surface area contributed by atoms with Crippen molar-refractivity contribution >= 4 is 45.4 Å². The summed E-state index contributed by atoms with van der Waals surface area (Å²) in [6.45, 7) is 0. The fourth-order valence-corrected chi connectivity index (χ4v) is 2.09. The number of aldehydes is 1. The molecule has 0 unspecified atom stereocenters. The van der Waals surface area contributed by atoms with Crippen molar-refractivity contribution in [1.82, 2.24) is 0 Å². The van der Waals surface area contributed by atoms with Crippen LogP contribution >= 0.6 is 39.1 Å². The molecule has 5 heteroatoms. The van der Waals surface area contributed by atoms with Gasteiger partial charge >= 0.3 is 0 Å². The predicted molar refractivity (Wildman–Crippen MR) is 67.3 cm³/mol. The first kappa shape index (κ1) is 11.7. The van der Waals surface area contributed by atoms with Crippen LogP contribution in [0.4, 0.5) is 0 Å². The van der Waals surface area contributed by atoms with Gasteiger partial charge in [-0.1, -0.05) is 23.2 Å². The number of hydrogen-bond acceptors (Lipinski definition) is 2. The maximum atomic E-state index is 10.5. The van der Waals surface area contributed by atoms with Gasteiger partial charge in [-0.05, 0) is 40.2 Å². The third-order valence-corrected chi connectivity index (χ3v) is 4.03. The standard InChI is InChI=1S/C11H5BrCl2O2/c12-10-8(13)3-2-7(11(10)14)9-4-1-6(5-15)16-9/h1-5H. The molecule has 0 aliphatic carbocycles. The average Bonchev–Trinajstić information content (AvgIpc) is 2.74. The summed E-state index contributed by atoms with van der Waals surface area (Å²) >= 11 is 15.3. The Hall–Kier alpha value is -0.770. The van der Waals surface area contributed by atoms with Crippen LogP contribution in [0.1, 0.15) is 10.6 Å². The lowest BCUT2D eigenvalue weighted by atomic mass is 10.2. The molecule has 0 saturated carbocycles. The lowest BCUT2D eigenvalue weighted by Gasteiger charge is -2.04. The van der Waals surface area contributed by atoms with Crippen LogP contribution in [0, 0.1) is 0 Å². The molecule has 0 aliphatic rings. The van der Waals surface area contributed by atoms with Crippen LogP contribution in [0.25, 0.3) is 11.3 Å². The van der Waals surface area contributed by atoms with E-state index >= 15 is 0 Å². The highest BCUT2D eigenvalue weighted by Crippen LogP contribution is 2.38. The van der Waals surface area contributed by atoms with Crippen molar-refractivity contribution in [3.63, 3.8) is 0 Å². The predicted octanol–water partition coefficient (Wildman–Crippen LogP) is 4.83. The highest BCUT2D eigenvalue weighted by Gasteiger charge is 2.12. The monoisotopic (exact) mass is 318 g/mol. The zero-order chi connectivity index (χ0) is 11.7. The maximum absolute atomic E-state index is 10.5. The molecule has 0 fully saturated rings. The topological polar surface area (TPSA) is 30.2 Å². The van der Waals surface area contributed by atoms with Gasteiger partial charge in [0, 0.05) is 5.56 Å². The van der Waals surface area contributed by atoms with Gasteiger partial charge in [-0.25, -0.2) is 0 Å². The smallest absolute Gasteiger partial charge is 0.185 e. The van der Waals surface area contributed by atoms with Crippen LogP contribution in [0.5, 0.6) is 0 Å². The van der Waals surface area contributed by atoms with E-state index in [1.54, 1.807) is 24.3 Å². The van der Waals surface area contributed by atoms with Crippen molar-refractivity contribution in [1.29, 1.82) is 0 Å². The van der Waals surface area contributed by atoms with Crippen LogP contribution in [-0.2, 0) is 0 Å². The highest BCUT2D eigenvalue weighted by atomic mass is 79.9. The van der Waals surface area contributed by atoms with Crippen molar-refractivity contribution < 1.29 is 9.21 Å². The molecule has 0 amide bonds. The van der Waals surface area contributed by atoms with Crippen LogP contribution in [-0.4, -0.2) is 6.29 Å². The molecule has 0 bridgehead atoms. The molecule has 82 valence electrons. The minimum Gasteiger partial charge on any atom is -0.453 e. The Labute approximate surface area is 110 Å². The fourth-order valence-electron chi connectivity index (χ4n) is 1.28. The molecule has 2 aromatic rings. The van der Waals surface area contributed by atoms with Crippen molar-refractivity contribution in [2.75, 3.05) is 0 Å². The number of hydrogen-bond donors (Lipinski definition) is 0. The number of carbonyl (C=O) groups excluding carboxylic acids is 1. The van der Waals surface area contributed by atoms with Crippen LogP contribution in [0.15, 0.2) is 33.2 Å². The summed E-state index contributed by atoms with van der Waals surface area (Å²) in [4.78, 5) is 10.5. The van der Waals surface area contributed by atoms with E-state index in [2.05, 4.69) is 15.9 Å². The van der Waals surface area contributed by atoms with Gasteiger partial charge < -0.3 is 4.42 Å². The third-order valence-electron chi connectivity index (χ3n) is 2.04. The SMILES string of the molecule is O=Cc1ccc(-c2ccc(Cl)c(Br)c2Cl)o1. The average molecular weight is 320 g/mol. The van der Waals surface area contributed by atoms with E-state index in [-0.39, 0.29) is 5.76 Å². The van der Waals surface area contributed by atoms with E-state index in [1.807, 2.05) is 0 Å². The Morgan fingerprint density at radius 3 is 2.56 bits per heavy atom. The molecular weight excluding hydrogens is 315 g/mol. The summed E-state index contributed by atoms with van der Waals surface area (Å²) in [6, 6.07) is 6.71. The van der Waals surface area contributed by atoms with Gasteiger partial charge in [0.15, 0.2) is 12.0 Å². The van der Waals surface area contributed by atoms with Gasteiger partial charge in [0.05, 0.1) is 14.5 Å². The van der Waals surface area contributed by atoms with Gasteiger partial charge in [-0.2, -0.15) is 0 Å². The Morgan fingerprint density at radius 1 is 1.19 bits per heavy atom. The number of rotatable bonds is 2. The van der Waals surface area contributed by atoms with Gasteiger partial charge in [0.2, 0.25) is 0 Å². The first-order valence-corrected chi connectivity index (χ1v) is 5.87. The molecule has 1 aromatic heterocycles. The quantitative estimate of drug-likeness (QED) is 0.586. The zero-order valence-electron chi connectivity index (χ0n) is 7.84. The van der Waals surface area contributed by atoms with E-state index in [0.717, 1.165) is 0 Å². The number of carbonyl (C=O) groups is 1. The van der Waals surface area contributed by atoms with Gasteiger partial charge in [0.25, 0.3) is 0 Å². The van der Waals surface area contributed by atoms with Gasteiger partial charge in [-0.15, -0.1) is 0 Å². The Balaban J connectivity index is 2.56. The normalized spacial score (nSPS) is 10.4. The first-order chi connectivity index (χ1) is 7.63. The Bertz CT molecular complexity index is 549. The van der Waals surface area contributed by atoms with E-state index in [1.165, 1.54) is 0 Å². The summed E-state index contributed by atoms with van der Waals surface area (Å²) in [5.41, 5.74) is 0.686. The summed E-state index contributed by atoms with van der Waals surface area (Å²) in [5, 5.41) is 0.982. The van der Waals surface area contributed by atoms with Gasteiger partial charge in [0.1, 0.15) is 5.76 Å². The van der Waals surface area contributed by atoms with Crippen LogP contribution < -0.4 is 0 Å². The summed E-state index contributed by atoms with van der Waals surface area (Å²) in [7, 11) is 0. The number of benzene rings is 1. The molecule has 2 nitrogen and oxygen atoms in total. The zero-order valence-corrected chi connectivity index (χ0v) is 10.9. The minimum atomic E-state index is 0.261. The van der Waals surface area contributed by atoms with Crippen molar-refractivity contribution in [2.24, 2.45) is 0 Å². The third kappa shape index (κ3) is 2.03. The highest BCUT2D eigenvalue weighted by molar-refractivity contribution is 9.10. The molecule has 2 rings (SSSR count). The summed E-state index contributed by atoms with van der Waals surface area (Å²) < 4.78 is 5.89. The number of halogens is 3. The van der Waals surface area contributed by atoms with Crippen LogP contribution in [0.3, 0.4) is 0 Å². The van der Waals surface area contributed by atoms with Gasteiger partial charge in [-0.3, -0.25) is 4.79 Å². The Kier molecular flexibility index (Phi) is 3.38. The van der Waals surface area contributed by atoms with Crippen LogP contribution in [0.2, 0.25) is 10.0 Å². The second-order valence-corrected chi connectivity index (χ2v) is 4.62. The second kappa shape index (κ2) is 4.62. The van der Waals surface area contributed by atoms with E-state index in [9.17, 15) is 4.79 Å². The largest absolute Gasteiger partial charge is 0.453 e. The lowest BCUT2D eigenvalue weighted by Crippen LogP contribution is -1.79. The first-order valence-electron chi connectivity index (χ1n) is 4.32. The van der Waals surface area contributed by atoms with E-state index in [0.29, 0.717) is 32.1 Å². The molecule has 1 aromatic carbocycles. The number of furan rings is 1. The van der Waals surface area contributed by atoms with Crippen molar-refractivity contribution in [3.05, 3.63) is 44.5 Å². The molecular formula is C11H5BrCl2O2. The molecule has 0 radical (unpaired) electrons. The fraction of sp³-hybridized carbons (Fsp3) is 0. The summed E-state index contributed by atoms with van der Waals surface area (Å²) in [5.74, 6) is 0.793. The molecule has 0 spiro atoms. The molecule has 1 heterocycles. The molecule has 0 N–H and O–H groups in total.